The summed E-state index contributed by atoms with van der Waals surface area (Å²) in [7, 11) is -2.87. The molecular formula is C10H20BrNO2S. The van der Waals surface area contributed by atoms with Crippen molar-refractivity contribution in [1.82, 2.24) is 4.90 Å². The summed E-state index contributed by atoms with van der Waals surface area (Å²) < 4.78 is 23.2. The molecule has 0 radical (unpaired) electrons. The van der Waals surface area contributed by atoms with E-state index in [4.69, 9.17) is 0 Å². The van der Waals surface area contributed by atoms with E-state index < -0.39 is 9.84 Å². The van der Waals surface area contributed by atoms with Crippen LogP contribution in [0.4, 0.5) is 0 Å². The highest BCUT2D eigenvalue weighted by molar-refractivity contribution is 9.09. The minimum atomic E-state index is -2.87. The molecule has 3 nitrogen and oxygen atoms in total. The first-order chi connectivity index (χ1) is 6.92. The number of hydrogen-bond donors (Lipinski definition) is 0. The van der Waals surface area contributed by atoms with Crippen LogP contribution in [0.2, 0.25) is 0 Å². The fraction of sp³-hybridized carbons (Fsp3) is 1.00. The number of piperidine rings is 1. The third kappa shape index (κ3) is 4.41. The van der Waals surface area contributed by atoms with E-state index in [1.54, 1.807) is 13.8 Å². The summed E-state index contributed by atoms with van der Waals surface area (Å²) in [5, 5.41) is -0.248. The molecule has 1 fully saturated rings. The summed E-state index contributed by atoms with van der Waals surface area (Å²) in [6, 6.07) is 0. The maximum atomic E-state index is 11.6. The number of likely N-dealkylation sites (tertiary alicyclic amines) is 1. The van der Waals surface area contributed by atoms with Gasteiger partial charge in [-0.15, -0.1) is 0 Å². The van der Waals surface area contributed by atoms with Crippen molar-refractivity contribution in [2.24, 2.45) is 0 Å². The van der Waals surface area contributed by atoms with Crippen molar-refractivity contribution in [3.05, 3.63) is 0 Å². The second-order valence-electron chi connectivity index (χ2n) is 4.46. The van der Waals surface area contributed by atoms with Gasteiger partial charge in [-0.2, -0.15) is 0 Å². The van der Waals surface area contributed by atoms with Crippen LogP contribution in [0.15, 0.2) is 0 Å². The number of sulfone groups is 1. The highest BCUT2D eigenvalue weighted by Crippen LogP contribution is 2.16. The Labute approximate surface area is 101 Å². The first-order valence-electron chi connectivity index (χ1n) is 5.50. The molecular weight excluding hydrogens is 278 g/mol. The lowest BCUT2D eigenvalue weighted by Gasteiger charge is -2.29. The number of rotatable bonds is 4. The molecule has 0 amide bonds. The highest BCUT2D eigenvalue weighted by Gasteiger charge is 2.21. The highest BCUT2D eigenvalue weighted by atomic mass is 79.9. The molecule has 0 aliphatic carbocycles. The molecule has 0 bridgehead atoms. The lowest BCUT2D eigenvalue weighted by atomic mass is 10.1. The minimum Gasteiger partial charge on any atom is -0.301 e. The lowest BCUT2D eigenvalue weighted by Crippen LogP contribution is -2.39. The van der Waals surface area contributed by atoms with Crippen LogP contribution in [-0.2, 0) is 9.84 Å². The second-order valence-corrected chi connectivity index (χ2v) is 8.43. The number of alkyl halides is 1. The largest absolute Gasteiger partial charge is 0.301 e. The van der Waals surface area contributed by atoms with Gasteiger partial charge in [0.15, 0.2) is 9.84 Å². The zero-order valence-corrected chi connectivity index (χ0v) is 11.8. The number of hydrogen-bond acceptors (Lipinski definition) is 3. The molecule has 1 saturated heterocycles. The van der Waals surface area contributed by atoms with E-state index in [2.05, 4.69) is 20.8 Å². The van der Waals surface area contributed by atoms with Gasteiger partial charge >= 0.3 is 0 Å². The molecule has 90 valence electrons. The maximum Gasteiger partial charge on any atom is 0.153 e. The predicted molar refractivity (Wildman–Crippen MR) is 67.3 cm³/mol. The number of nitrogens with zero attached hydrogens (tertiary/aromatic N) is 1. The van der Waals surface area contributed by atoms with E-state index >= 15 is 0 Å². The predicted octanol–water partition coefficient (Wildman–Crippen LogP) is 1.67. The first kappa shape index (κ1) is 13.5. The molecule has 0 saturated carbocycles. The zero-order valence-electron chi connectivity index (χ0n) is 9.45. The normalized spacial score (nSPS) is 24.7. The van der Waals surface area contributed by atoms with Gasteiger partial charge in [0.2, 0.25) is 0 Å². The van der Waals surface area contributed by atoms with Gasteiger partial charge in [-0.25, -0.2) is 8.42 Å². The van der Waals surface area contributed by atoms with Crippen LogP contribution < -0.4 is 0 Å². The Morgan fingerprint density at radius 2 is 2.13 bits per heavy atom. The molecule has 0 spiro atoms. The summed E-state index contributed by atoms with van der Waals surface area (Å²) in [6.45, 7) is 6.20. The molecule has 0 N–H and O–H groups in total. The quantitative estimate of drug-likeness (QED) is 0.741. The van der Waals surface area contributed by atoms with Crippen molar-refractivity contribution in [3.63, 3.8) is 0 Å². The molecule has 1 rings (SSSR count). The van der Waals surface area contributed by atoms with E-state index in [1.165, 1.54) is 6.42 Å². The minimum absolute atomic E-state index is 0.248. The molecule has 0 aromatic rings. The molecule has 1 unspecified atom stereocenters. The van der Waals surface area contributed by atoms with Gasteiger partial charge < -0.3 is 4.90 Å². The smallest absolute Gasteiger partial charge is 0.153 e. The molecule has 1 aliphatic rings. The summed E-state index contributed by atoms with van der Waals surface area (Å²) in [5.74, 6) is 0.296. The van der Waals surface area contributed by atoms with Crippen LogP contribution in [-0.4, -0.2) is 48.8 Å². The fourth-order valence-corrected chi connectivity index (χ4v) is 3.41. The Kier molecular flexibility index (Phi) is 5.06. The Bertz CT molecular complexity index is 290. The van der Waals surface area contributed by atoms with Crippen LogP contribution in [0.1, 0.15) is 26.7 Å². The third-order valence-corrected chi connectivity index (χ3v) is 5.79. The van der Waals surface area contributed by atoms with Crippen LogP contribution >= 0.6 is 15.9 Å². The van der Waals surface area contributed by atoms with Crippen molar-refractivity contribution in [1.29, 1.82) is 0 Å². The monoisotopic (exact) mass is 297 g/mol. The van der Waals surface area contributed by atoms with Crippen LogP contribution in [0.3, 0.4) is 0 Å². The van der Waals surface area contributed by atoms with E-state index in [-0.39, 0.29) is 5.25 Å². The van der Waals surface area contributed by atoms with Crippen LogP contribution in [0.5, 0.6) is 0 Å². The molecule has 1 aliphatic heterocycles. The van der Waals surface area contributed by atoms with Crippen molar-refractivity contribution < 1.29 is 8.42 Å². The van der Waals surface area contributed by atoms with Crippen molar-refractivity contribution in [2.75, 3.05) is 25.4 Å². The molecule has 0 aromatic carbocycles. The van der Waals surface area contributed by atoms with E-state index in [0.717, 1.165) is 19.5 Å². The van der Waals surface area contributed by atoms with Crippen LogP contribution in [0, 0.1) is 0 Å². The van der Waals surface area contributed by atoms with Crippen molar-refractivity contribution in [2.45, 2.75) is 36.8 Å². The zero-order chi connectivity index (χ0) is 11.5. The summed E-state index contributed by atoms with van der Waals surface area (Å²) >= 11 is 3.59. The maximum absolute atomic E-state index is 11.6. The van der Waals surface area contributed by atoms with Crippen molar-refractivity contribution in [3.8, 4) is 0 Å². The molecule has 15 heavy (non-hydrogen) atoms. The Morgan fingerprint density at radius 1 is 1.47 bits per heavy atom. The second kappa shape index (κ2) is 5.64. The molecule has 5 heteroatoms. The van der Waals surface area contributed by atoms with Crippen molar-refractivity contribution >= 4 is 25.8 Å². The van der Waals surface area contributed by atoms with Gasteiger partial charge in [0.05, 0.1) is 11.0 Å². The SMILES string of the molecule is CC(C)S(=O)(=O)CCN1CCCC(Br)C1. The average molecular weight is 298 g/mol. The topological polar surface area (TPSA) is 37.4 Å². The Hall–Kier alpha value is 0.390. The molecule has 1 atom stereocenters. The Morgan fingerprint density at radius 3 is 2.67 bits per heavy atom. The summed E-state index contributed by atoms with van der Waals surface area (Å²) in [4.78, 5) is 2.77. The van der Waals surface area contributed by atoms with E-state index in [1.807, 2.05) is 0 Å². The van der Waals surface area contributed by atoms with Gasteiger partial charge in [-0.05, 0) is 33.2 Å². The average Bonchev–Trinajstić information content (AvgIpc) is 2.15. The standard InChI is InChI=1S/C10H20BrNO2S/c1-9(2)15(13,14)7-6-12-5-3-4-10(11)8-12/h9-10H,3-8H2,1-2H3. The van der Waals surface area contributed by atoms with E-state index in [0.29, 0.717) is 17.1 Å². The van der Waals surface area contributed by atoms with Gasteiger partial charge in [0, 0.05) is 17.9 Å². The summed E-state index contributed by atoms with van der Waals surface area (Å²) in [6.07, 6.45) is 2.37. The van der Waals surface area contributed by atoms with Gasteiger partial charge in [-0.1, -0.05) is 15.9 Å². The van der Waals surface area contributed by atoms with Crippen LogP contribution in [0.25, 0.3) is 0 Å². The summed E-state index contributed by atoms with van der Waals surface area (Å²) in [5.41, 5.74) is 0. The third-order valence-electron chi connectivity index (χ3n) is 2.86. The molecule has 1 heterocycles. The van der Waals surface area contributed by atoms with Gasteiger partial charge in [0.1, 0.15) is 0 Å². The lowest BCUT2D eigenvalue weighted by molar-refractivity contribution is 0.248. The number of halogens is 1. The van der Waals surface area contributed by atoms with E-state index in [9.17, 15) is 8.42 Å². The van der Waals surface area contributed by atoms with Gasteiger partial charge in [0.25, 0.3) is 0 Å². The molecule has 0 aromatic heterocycles. The fourth-order valence-electron chi connectivity index (χ4n) is 1.69. The first-order valence-corrected chi connectivity index (χ1v) is 8.13. The Balaban J connectivity index is 2.37. The van der Waals surface area contributed by atoms with Gasteiger partial charge in [-0.3, -0.25) is 0 Å².